The Morgan fingerprint density at radius 3 is 2.03 bits per heavy atom. The van der Waals surface area contributed by atoms with E-state index in [2.05, 4.69) is 96.4 Å². The van der Waals surface area contributed by atoms with Crippen LogP contribution in [0.2, 0.25) is 0 Å². The van der Waals surface area contributed by atoms with Crippen LogP contribution in [0, 0.1) is 0 Å². The van der Waals surface area contributed by atoms with Crippen LogP contribution in [0.1, 0.15) is 30.9 Å². The Morgan fingerprint density at radius 2 is 1.45 bits per heavy atom. The van der Waals surface area contributed by atoms with E-state index in [9.17, 15) is 0 Å². The zero-order valence-corrected chi connectivity index (χ0v) is 17.3. The Balaban J connectivity index is 1.54. The first-order chi connectivity index (χ1) is 14.1. The van der Waals surface area contributed by atoms with Crippen molar-refractivity contribution in [3.05, 3.63) is 90.0 Å². The van der Waals surface area contributed by atoms with Crippen molar-refractivity contribution >= 4 is 50.8 Å². The highest BCUT2D eigenvalue weighted by atomic mass is 32.1. The molecule has 0 saturated heterocycles. The van der Waals surface area contributed by atoms with Gasteiger partial charge in [-0.3, -0.25) is 5.43 Å². The van der Waals surface area contributed by atoms with Gasteiger partial charge in [0.1, 0.15) is 0 Å². The van der Waals surface area contributed by atoms with Crippen molar-refractivity contribution in [2.24, 2.45) is 5.10 Å². The van der Waals surface area contributed by atoms with Gasteiger partial charge in [0.05, 0.1) is 6.21 Å². The van der Waals surface area contributed by atoms with Crippen LogP contribution in [0.5, 0.6) is 0 Å². The van der Waals surface area contributed by atoms with Gasteiger partial charge in [-0.15, -0.1) is 0 Å². The van der Waals surface area contributed by atoms with Crippen LogP contribution in [0.25, 0.3) is 21.5 Å². The molecule has 0 spiro atoms. The van der Waals surface area contributed by atoms with Crippen LogP contribution < -0.4 is 10.7 Å². The van der Waals surface area contributed by atoms with Gasteiger partial charge < -0.3 is 5.32 Å². The Kier molecular flexibility index (Phi) is 5.54. The molecule has 0 aromatic heterocycles. The number of nitrogens with one attached hydrogen (secondary N) is 2. The molecule has 4 aromatic rings. The maximum absolute atomic E-state index is 5.39. The largest absolute Gasteiger partial charge is 0.331 e. The minimum absolute atomic E-state index is 0.461. The maximum Gasteiger partial charge on any atom is 0.191 e. The van der Waals surface area contributed by atoms with Crippen LogP contribution in [0.4, 0.5) is 5.69 Å². The minimum atomic E-state index is 0.461. The van der Waals surface area contributed by atoms with Gasteiger partial charge in [-0.25, -0.2) is 0 Å². The van der Waals surface area contributed by atoms with Gasteiger partial charge in [-0.05, 0) is 63.4 Å². The van der Waals surface area contributed by atoms with E-state index in [1.165, 1.54) is 27.1 Å². The normalized spacial score (nSPS) is 11.4. The summed E-state index contributed by atoms with van der Waals surface area (Å²) in [6.07, 6.45) is 1.85. The predicted molar refractivity (Wildman–Crippen MR) is 129 cm³/mol. The number of anilines is 1. The molecule has 4 heteroatoms. The Labute approximate surface area is 176 Å². The molecule has 0 radical (unpaired) electrons. The second-order valence-electron chi connectivity index (χ2n) is 7.33. The van der Waals surface area contributed by atoms with Crippen LogP contribution in [-0.2, 0) is 0 Å². The fourth-order valence-corrected chi connectivity index (χ4v) is 3.62. The van der Waals surface area contributed by atoms with Crippen molar-refractivity contribution in [3.63, 3.8) is 0 Å². The quantitative estimate of drug-likeness (QED) is 0.180. The molecule has 0 bridgehead atoms. The van der Waals surface area contributed by atoms with Gasteiger partial charge in [-0.1, -0.05) is 74.5 Å². The number of benzene rings is 4. The first-order valence-electron chi connectivity index (χ1n) is 9.72. The predicted octanol–water partition coefficient (Wildman–Crippen LogP) is 6.44. The summed E-state index contributed by atoms with van der Waals surface area (Å²) in [6.45, 7) is 4.36. The van der Waals surface area contributed by atoms with Gasteiger partial charge in [0.15, 0.2) is 5.11 Å². The van der Waals surface area contributed by atoms with Gasteiger partial charge in [-0.2, -0.15) is 5.10 Å². The topological polar surface area (TPSA) is 36.4 Å². The van der Waals surface area contributed by atoms with Gasteiger partial charge >= 0.3 is 0 Å². The molecule has 2 N–H and O–H groups in total. The number of fused-ring (bicyclic) bond motifs is 2. The van der Waals surface area contributed by atoms with E-state index >= 15 is 0 Å². The third kappa shape index (κ3) is 4.28. The first-order valence-corrected chi connectivity index (χ1v) is 10.1. The maximum atomic E-state index is 5.39. The second-order valence-corrected chi connectivity index (χ2v) is 7.74. The minimum Gasteiger partial charge on any atom is -0.331 e. The lowest BCUT2D eigenvalue weighted by Gasteiger charge is -2.10. The Morgan fingerprint density at radius 1 is 0.862 bits per heavy atom. The fourth-order valence-electron chi connectivity index (χ4n) is 3.45. The van der Waals surface area contributed by atoms with Gasteiger partial charge in [0.2, 0.25) is 0 Å². The Bertz CT molecular complexity index is 1140. The Hall–Kier alpha value is -3.24. The van der Waals surface area contributed by atoms with Crippen molar-refractivity contribution in [1.82, 2.24) is 5.43 Å². The van der Waals surface area contributed by atoms with E-state index in [0.29, 0.717) is 11.0 Å². The van der Waals surface area contributed by atoms with Crippen molar-refractivity contribution in [2.45, 2.75) is 19.8 Å². The monoisotopic (exact) mass is 397 g/mol. The molecule has 0 heterocycles. The molecule has 4 rings (SSSR count). The molecule has 29 heavy (non-hydrogen) atoms. The summed E-state index contributed by atoms with van der Waals surface area (Å²) in [6, 6.07) is 27.2. The lowest BCUT2D eigenvalue weighted by Crippen LogP contribution is -2.23. The SMILES string of the molecule is CC(C)c1ccc(NC(=S)NN=Cc2c3ccccc3cc3ccccc23)cc1. The van der Waals surface area contributed by atoms with E-state index in [-0.39, 0.29) is 0 Å². The lowest BCUT2D eigenvalue weighted by atomic mass is 9.97. The summed E-state index contributed by atoms with van der Waals surface area (Å²) in [5.74, 6) is 0.509. The summed E-state index contributed by atoms with van der Waals surface area (Å²) in [4.78, 5) is 0. The average molecular weight is 398 g/mol. The summed E-state index contributed by atoms with van der Waals surface area (Å²) in [7, 11) is 0. The second kappa shape index (κ2) is 8.41. The van der Waals surface area contributed by atoms with E-state index in [4.69, 9.17) is 12.2 Å². The van der Waals surface area contributed by atoms with Crippen molar-refractivity contribution in [1.29, 1.82) is 0 Å². The number of thiocarbonyl (C=S) groups is 1. The third-order valence-corrected chi connectivity index (χ3v) is 5.20. The molecular weight excluding hydrogens is 374 g/mol. The standard InChI is InChI=1S/C25H23N3S/c1-17(2)18-11-13-21(14-12-18)27-25(29)28-26-16-24-22-9-5-3-7-19(22)15-20-8-4-6-10-23(20)24/h3-17H,1-2H3,(H2,27,28,29). The average Bonchev–Trinajstić information content (AvgIpc) is 2.73. The smallest absolute Gasteiger partial charge is 0.191 e. The highest BCUT2D eigenvalue weighted by Gasteiger charge is 2.05. The van der Waals surface area contributed by atoms with E-state index in [1.807, 2.05) is 18.3 Å². The number of hydrogen-bond acceptors (Lipinski definition) is 2. The molecule has 0 aliphatic rings. The van der Waals surface area contributed by atoms with Crippen molar-refractivity contribution in [2.75, 3.05) is 5.32 Å². The lowest BCUT2D eigenvalue weighted by molar-refractivity contribution is 0.867. The summed E-state index contributed by atoms with van der Waals surface area (Å²) in [5, 5.41) is 12.8. The zero-order valence-electron chi connectivity index (χ0n) is 16.5. The van der Waals surface area contributed by atoms with Crippen LogP contribution >= 0.6 is 12.2 Å². The van der Waals surface area contributed by atoms with Crippen molar-refractivity contribution in [3.8, 4) is 0 Å². The van der Waals surface area contributed by atoms with E-state index in [1.54, 1.807) is 0 Å². The molecule has 0 atom stereocenters. The van der Waals surface area contributed by atoms with Crippen LogP contribution in [0.3, 0.4) is 0 Å². The van der Waals surface area contributed by atoms with E-state index < -0.39 is 0 Å². The number of nitrogens with zero attached hydrogens (tertiary/aromatic N) is 1. The molecule has 0 amide bonds. The highest BCUT2D eigenvalue weighted by Crippen LogP contribution is 2.27. The first kappa shape index (κ1) is 19.1. The molecule has 0 aliphatic carbocycles. The molecule has 144 valence electrons. The molecule has 0 aliphatic heterocycles. The third-order valence-electron chi connectivity index (χ3n) is 5.01. The molecule has 0 fully saturated rings. The van der Waals surface area contributed by atoms with Gasteiger partial charge in [0.25, 0.3) is 0 Å². The van der Waals surface area contributed by atoms with Crippen molar-refractivity contribution < 1.29 is 0 Å². The molecule has 4 aromatic carbocycles. The number of hydrazone groups is 1. The summed E-state index contributed by atoms with van der Waals surface area (Å²) < 4.78 is 0. The van der Waals surface area contributed by atoms with Gasteiger partial charge in [0, 0.05) is 11.3 Å². The summed E-state index contributed by atoms with van der Waals surface area (Å²) in [5.41, 5.74) is 6.26. The highest BCUT2D eigenvalue weighted by molar-refractivity contribution is 7.80. The molecule has 3 nitrogen and oxygen atoms in total. The molecule has 0 unspecified atom stereocenters. The zero-order chi connectivity index (χ0) is 20.2. The molecular formula is C25H23N3S. The van der Waals surface area contributed by atoms with Crippen LogP contribution in [-0.4, -0.2) is 11.3 Å². The molecule has 0 saturated carbocycles. The number of rotatable bonds is 4. The van der Waals surface area contributed by atoms with E-state index in [0.717, 1.165) is 11.3 Å². The fraction of sp³-hybridized carbons (Fsp3) is 0.120. The number of hydrogen-bond donors (Lipinski definition) is 2. The summed E-state index contributed by atoms with van der Waals surface area (Å²) >= 11 is 5.39. The van der Waals surface area contributed by atoms with Crippen LogP contribution in [0.15, 0.2) is 84.0 Å².